The van der Waals surface area contributed by atoms with Crippen LogP contribution in [0.25, 0.3) is 0 Å². The molecule has 4 nitrogen and oxygen atoms in total. The second-order valence-corrected chi connectivity index (χ2v) is 4.12. The van der Waals surface area contributed by atoms with Gasteiger partial charge >= 0.3 is 82.2 Å². The molecule has 2 N–H and O–H groups in total. The fraction of sp³-hybridized carbons (Fsp3) is 0.778. The van der Waals surface area contributed by atoms with Crippen molar-refractivity contribution >= 4 is 82.2 Å². The summed E-state index contributed by atoms with van der Waals surface area (Å²) >= 11 is 0. The van der Waals surface area contributed by atoms with Crippen molar-refractivity contribution < 1.29 is 19.8 Å². The van der Waals surface area contributed by atoms with Gasteiger partial charge in [0.25, 0.3) is 0 Å². The molecular formula is C9H18KLiO4. The molecule has 0 fully saturated rings. The molecule has 0 heterocycles. The number of rotatable bonds is 3. The molecular weight excluding hydrogens is 218 g/mol. The third-order valence-corrected chi connectivity index (χ3v) is 2.54. The van der Waals surface area contributed by atoms with Gasteiger partial charge in [0.15, 0.2) is 5.41 Å². The molecule has 0 aromatic heterocycles. The monoisotopic (exact) mass is 236 g/mol. The van der Waals surface area contributed by atoms with Gasteiger partial charge in [-0.1, -0.05) is 27.7 Å². The van der Waals surface area contributed by atoms with Gasteiger partial charge in [0.1, 0.15) is 0 Å². The van der Waals surface area contributed by atoms with Crippen LogP contribution in [-0.2, 0) is 9.59 Å². The standard InChI is InChI=1S/C9H16O4.K.Li.2H/c1-5-9(6(10)11,7(12)13)8(2,3)4;;;;/h5H2,1-4H3,(H,10,11)(H,12,13);;;;. The van der Waals surface area contributed by atoms with Crippen molar-refractivity contribution in [2.75, 3.05) is 0 Å². The van der Waals surface area contributed by atoms with Crippen molar-refractivity contribution in [3.8, 4) is 0 Å². The van der Waals surface area contributed by atoms with Crippen molar-refractivity contribution in [3.05, 3.63) is 0 Å². The van der Waals surface area contributed by atoms with Gasteiger partial charge in [0, 0.05) is 0 Å². The van der Waals surface area contributed by atoms with Crippen LogP contribution < -0.4 is 0 Å². The Bertz CT molecular complexity index is 221. The third kappa shape index (κ3) is 4.16. The SMILES string of the molecule is CCC(C(=O)O)(C(=O)O)C(C)(C)C.[KH].[LiH]. The molecule has 80 valence electrons. The maximum absolute atomic E-state index is 11.0. The normalized spacial score (nSPS) is 10.9. The Balaban J connectivity index is -0.000000720. The van der Waals surface area contributed by atoms with Crippen molar-refractivity contribution in [1.29, 1.82) is 0 Å². The Hall–Kier alpha value is 1.17. The van der Waals surface area contributed by atoms with E-state index in [2.05, 4.69) is 0 Å². The van der Waals surface area contributed by atoms with Gasteiger partial charge in [-0.25, -0.2) is 0 Å². The third-order valence-electron chi connectivity index (χ3n) is 2.54. The van der Waals surface area contributed by atoms with E-state index in [1.807, 2.05) is 0 Å². The molecule has 0 saturated heterocycles. The van der Waals surface area contributed by atoms with E-state index in [0.717, 1.165) is 0 Å². The fourth-order valence-electron chi connectivity index (χ4n) is 1.57. The van der Waals surface area contributed by atoms with Crippen LogP contribution in [0, 0.1) is 10.8 Å². The summed E-state index contributed by atoms with van der Waals surface area (Å²) in [5.74, 6) is -2.54. The summed E-state index contributed by atoms with van der Waals surface area (Å²) in [5.41, 5.74) is -2.48. The van der Waals surface area contributed by atoms with Gasteiger partial charge in [-0.15, -0.1) is 0 Å². The first-order valence-electron chi connectivity index (χ1n) is 4.17. The number of carbonyl (C=O) groups is 2. The molecule has 0 unspecified atom stereocenters. The average molecular weight is 236 g/mol. The topological polar surface area (TPSA) is 74.6 Å². The molecule has 0 spiro atoms. The molecule has 0 atom stereocenters. The Morgan fingerprint density at radius 2 is 1.33 bits per heavy atom. The first-order chi connectivity index (χ1) is 5.70. The average Bonchev–Trinajstić information content (AvgIpc) is 1.83. The van der Waals surface area contributed by atoms with Crippen molar-refractivity contribution in [2.24, 2.45) is 10.8 Å². The molecule has 6 heteroatoms. The second kappa shape index (κ2) is 7.49. The Labute approximate surface area is 145 Å². The summed E-state index contributed by atoms with van der Waals surface area (Å²) in [6.45, 7) is 6.45. The predicted molar refractivity (Wildman–Crippen MR) is 61.7 cm³/mol. The number of carboxylic acids is 2. The molecule has 0 aliphatic heterocycles. The van der Waals surface area contributed by atoms with Crippen molar-refractivity contribution in [3.63, 3.8) is 0 Å². The summed E-state index contributed by atoms with van der Waals surface area (Å²) in [5, 5.41) is 17.9. The van der Waals surface area contributed by atoms with Crippen LogP contribution in [0.5, 0.6) is 0 Å². The molecule has 0 rings (SSSR count). The summed E-state index contributed by atoms with van der Waals surface area (Å²) in [6.07, 6.45) is 0.0845. The van der Waals surface area contributed by atoms with Gasteiger partial charge < -0.3 is 10.2 Å². The van der Waals surface area contributed by atoms with Gasteiger partial charge in [0.2, 0.25) is 0 Å². The summed E-state index contributed by atoms with van der Waals surface area (Å²) in [6, 6.07) is 0. The van der Waals surface area contributed by atoms with E-state index in [9.17, 15) is 9.59 Å². The van der Waals surface area contributed by atoms with Gasteiger partial charge in [-0.05, 0) is 11.8 Å². The molecule has 15 heavy (non-hydrogen) atoms. The van der Waals surface area contributed by atoms with E-state index in [-0.39, 0.29) is 76.7 Å². The van der Waals surface area contributed by atoms with E-state index in [1.165, 1.54) is 0 Å². The number of aliphatic carboxylic acids is 2. The zero-order chi connectivity index (χ0) is 10.9. The van der Waals surface area contributed by atoms with E-state index < -0.39 is 22.8 Å². The summed E-state index contributed by atoms with van der Waals surface area (Å²) in [4.78, 5) is 21.9. The Morgan fingerprint density at radius 1 is 1.07 bits per heavy atom. The van der Waals surface area contributed by atoms with Gasteiger partial charge in [-0.3, -0.25) is 9.59 Å². The summed E-state index contributed by atoms with van der Waals surface area (Å²) < 4.78 is 0. The van der Waals surface area contributed by atoms with E-state index in [0.29, 0.717) is 0 Å². The Morgan fingerprint density at radius 3 is 1.33 bits per heavy atom. The second-order valence-electron chi connectivity index (χ2n) is 4.12. The zero-order valence-electron chi connectivity index (χ0n) is 8.42. The predicted octanol–water partition coefficient (Wildman–Crippen LogP) is 0.301. The van der Waals surface area contributed by atoms with Crippen LogP contribution in [0.15, 0.2) is 0 Å². The van der Waals surface area contributed by atoms with Crippen LogP contribution in [0.1, 0.15) is 34.1 Å². The Kier molecular flexibility index (Phi) is 10.7. The molecule has 0 aliphatic rings. The minimum absolute atomic E-state index is 0. The van der Waals surface area contributed by atoms with Crippen LogP contribution >= 0.6 is 0 Å². The number of hydrogen-bond acceptors (Lipinski definition) is 2. The van der Waals surface area contributed by atoms with Gasteiger partial charge in [-0.2, -0.15) is 0 Å². The van der Waals surface area contributed by atoms with Crippen molar-refractivity contribution in [1.82, 2.24) is 0 Å². The number of carboxylic acid groups (broad SMARTS) is 2. The fourth-order valence-corrected chi connectivity index (χ4v) is 1.57. The molecule has 0 aromatic rings. The van der Waals surface area contributed by atoms with E-state index >= 15 is 0 Å². The minimum atomic E-state index is -1.69. The molecule has 0 aromatic carbocycles. The molecule has 0 saturated carbocycles. The van der Waals surface area contributed by atoms with E-state index in [1.54, 1.807) is 27.7 Å². The maximum atomic E-state index is 11.0. The van der Waals surface area contributed by atoms with Crippen LogP contribution in [0.3, 0.4) is 0 Å². The van der Waals surface area contributed by atoms with E-state index in [4.69, 9.17) is 10.2 Å². The van der Waals surface area contributed by atoms with Crippen molar-refractivity contribution in [2.45, 2.75) is 34.1 Å². The molecule has 0 bridgehead atoms. The first-order valence-corrected chi connectivity index (χ1v) is 4.17. The number of hydrogen-bond donors (Lipinski definition) is 2. The first kappa shape index (κ1) is 21.5. The molecule has 0 radical (unpaired) electrons. The zero-order valence-corrected chi connectivity index (χ0v) is 8.42. The quantitative estimate of drug-likeness (QED) is 0.546. The molecule has 0 aliphatic carbocycles. The van der Waals surface area contributed by atoms with Crippen LogP contribution in [0.4, 0.5) is 0 Å². The van der Waals surface area contributed by atoms with Crippen LogP contribution in [0.2, 0.25) is 0 Å². The molecule has 0 amide bonds. The van der Waals surface area contributed by atoms with Crippen LogP contribution in [-0.4, -0.2) is 92.4 Å². The summed E-state index contributed by atoms with van der Waals surface area (Å²) in [7, 11) is 0. The van der Waals surface area contributed by atoms with Gasteiger partial charge in [0.05, 0.1) is 0 Å².